The number of rotatable bonds is 7. The fraction of sp³-hybridized carbons (Fsp3) is 0.316. The molecule has 29 heavy (non-hydrogen) atoms. The van der Waals surface area contributed by atoms with Crippen molar-refractivity contribution in [3.05, 3.63) is 45.2 Å². The molecular formula is C19H21Cl2N3O5. The highest BCUT2D eigenvalue weighted by molar-refractivity contribution is 6.44. The maximum absolute atomic E-state index is 12.5. The van der Waals surface area contributed by atoms with E-state index in [-0.39, 0.29) is 39.7 Å². The Kier molecular flexibility index (Phi) is 7.53. The molecule has 3 N–H and O–H groups in total. The van der Waals surface area contributed by atoms with Crippen LogP contribution in [0.4, 0.5) is 5.69 Å². The van der Waals surface area contributed by atoms with Crippen LogP contribution in [0.15, 0.2) is 18.2 Å². The van der Waals surface area contributed by atoms with Gasteiger partial charge in [-0.1, -0.05) is 23.2 Å². The number of H-pyrrole nitrogens is 1. The van der Waals surface area contributed by atoms with Crippen molar-refractivity contribution in [2.24, 2.45) is 0 Å². The number of benzene rings is 1. The Labute approximate surface area is 177 Å². The summed E-state index contributed by atoms with van der Waals surface area (Å²) in [4.78, 5) is 39.0. The van der Waals surface area contributed by atoms with Crippen LogP contribution in [0.2, 0.25) is 10.0 Å². The van der Waals surface area contributed by atoms with Crippen LogP contribution in [0.25, 0.3) is 0 Å². The van der Waals surface area contributed by atoms with Crippen LogP contribution in [0.3, 0.4) is 0 Å². The van der Waals surface area contributed by atoms with Crippen LogP contribution in [0.5, 0.6) is 5.75 Å². The second kappa shape index (κ2) is 9.67. The van der Waals surface area contributed by atoms with Crippen LogP contribution >= 0.6 is 23.2 Å². The molecule has 0 bridgehead atoms. The molecule has 0 saturated carbocycles. The van der Waals surface area contributed by atoms with Crippen LogP contribution in [0.1, 0.15) is 40.4 Å². The molecule has 2 rings (SSSR count). The third kappa shape index (κ3) is 5.65. The van der Waals surface area contributed by atoms with Gasteiger partial charge < -0.3 is 25.1 Å². The minimum atomic E-state index is -0.578. The van der Waals surface area contributed by atoms with E-state index in [4.69, 9.17) is 27.9 Å². The van der Waals surface area contributed by atoms with E-state index in [1.807, 2.05) is 0 Å². The zero-order valence-electron chi connectivity index (χ0n) is 16.3. The molecule has 0 aliphatic carbocycles. The number of aromatic amines is 1. The van der Waals surface area contributed by atoms with Gasteiger partial charge in [-0.2, -0.15) is 0 Å². The van der Waals surface area contributed by atoms with E-state index in [2.05, 4.69) is 20.4 Å². The van der Waals surface area contributed by atoms with Gasteiger partial charge in [0, 0.05) is 17.4 Å². The van der Waals surface area contributed by atoms with E-state index in [9.17, 15) is 14.4 Å². The Morgan fingerprint density at radius 3 is 2.38 bits per heavy atom. The van der Waals surface area contributed by atoms with Crippen molar-refractivity contribution >= 4 is 46.7 Å². The van der Waals surface area contributed by atoms with Crippen LogP contribution in [0, 0.1) is 6.92 Å². The quantitative estimate of drug-likeness (QED) is 0.568. The number of ether oxygens (including phenoxy) is 2. The number of nitrogens with one attached hydrogen (secondary N) is 3. The number of amides is 2. The summed E-state index contributed by atoms with van der Waals surface area (Å²) < 4.78 is 10.2. The van der Waals surface area contributed by atoms with E-state index in [0.29, 0.717) is 11.4 Å². The summed E-state index contributed by atoms with van der Waals surface area (Å²) in [6.07, 6.45) is -0.229. The third-order valence-corrected chi connectivity index (χ3v) is 4.70. The minimum Gasteiger partial charge on any atom is -0.490 e. The molecule has 0 spiro atoms. The molecular weight excluding hydrogens is 421 g/mol. The highest BCUT2D eigenvalue weighted by Gasteiger charge is 2.20. The van der Waals surface area contributed by atoms with Crippen LogP contribution < -0.4 is 15.4 Å². The lowest BCUT2D eigenvalue weighted by atomic mass is 10.1. The van der Waals surface area contributed by atoms with Crippen molar-refractivity contribution < 1.29 is 23.9 Å². The molecule has 0 atom stereocenters. The molecule has 1 aromatic heterocycles. The Morgan fingerprint density at radius 2 is 1.83 bits per heavy atom. The summed E-state index contributed by atoms with van der Waals surface area (Å²) in [7, 11) is 1.23. The van der Waals surface area contributed by atoms with E-state index in [1.165, 1.54) is 25.3 Å². The molecule has 156 valence electrons. The Balaban J connectivity index is 2.25. The largest absolute Gasteiger partial charge is 0.490 e. The molecule has 0 saturated heterocycles. The lowest BCUT2D eigenvalue weighted by Gasteiger charge is -2.16. The predicted molar refractivity (Wildman–Crippen MR) is 110 cm³/mol. The van der Waals surface area contributed by atoms with E-state index < -0.39 is 17.8 Å². The molecule has 1 aromatic carbocycles. The van der Waals surface area contributed by atoms with Gasteiger partial charge in [0.1, 0.15) is 18.0 Å². The van der Waals surface area contributed by atoms with Crippen LogP contribution in [-0.2, 0) is 9.53 Å². The number of carbonyl (C=O) groups is 3. The number of hydrogen-bond acceptors (Lipinski definition) is 5. The number of halogens is 2. The van der Waals surface area contributed by atoms with Crippen molar-refractivity contribution in [2.75, 3.05) is 19.0 Å². The van der Waals surface area contributed by atoms with Gasteiger partial charge in [0.15, 0.2) is 0 Å². The summed E-state index contributed by atoms with van der Waals surface area (Å²) in [6, 6.07) is 4.52. The number of aryl methyl sites for hydroxylation is 1. The topological polar surface area (TPSA) is 110 Å². The number of carbonyl (C=O) groups excluding carboxylic acids is 3. The van der Waals surface area contributed by atoms with Gasteiger partial charge in [-0.15, -0.1) is 0 Å². The summed E-state index contributed by atoms with van der Waals surface area (Å²) >= 11 is 12.1. The molecule has 2 amide bonds. The number of esters is 1. The molecule has 8 nitrogen and oxygen atoms in total. The first-order valence-corrected chi connectivity index (χ1v) is 9.40. The first-order chi connectivity index (χ1) is 13.6. The average molecular weight is 442 g/mol. The second-order valence-electron chi connectivity index (χ2n) is 6.34. The zero-order valence-corrected chi connectivity index (χ0v) is 17.8. The average Bonchev–Trinajstić information content (AvgIpc) is 2.93. The number of aromatic nitrogens is 1. The van der Waals surface area contributed by atoms with Crippen molar-refractivity contribution in [1.82, 2.24) is 10.3 Å². The second-order valence-corrected chi connectivity index (χ2v) is 7.10. The normalized spacial score (nSPS) is 10.6. The van der Waals surface area contributed by atoms with Gasteiger partial charge in [-0.05, 0) is 32.9 Å². The molecule has 0 fully saturated rings. The van der Waals surface area contributed by atoms with E-state index >= 15 is 0 Å². The van der Waals surface area contributed by atoms with Crippen molar-refractivity contribution in [1.29, 1.82) is 0 Å². The summed E-state index contributed by atoms with van der Waals surface area (Å²) in [5, 5.41) is 5.53. The Hall–Kier alpha value is -2.71. The smallest absolute Gasteiger partial charge is 0.325 e. The monoisotopic (exact) mass is 441 g/mol. The molecule has 0 unspecified atom stereocenters. The number of methoxy groups -OCH3 is 1. The lowest BCUT2D eigenvalue weighted by molar-refractivity contribution is -0.139. The maximum Gasteiger partial charge on any atom is 0.325 e. The maximum atomic E-state index is 12.5. The zero-order chi connectivity index (χ0) is 21.7. The number of hydrogen-bond donors (Lipinski definition) is 3. The van der Waals surface area contributed by atoms with Crippen LogP contribution in [-0.4, -0.2) is 42.5 Å². The van der Waals surface area contributed by atoms with E-state index in [0.717, 1.165) is 0 Å². The van der Waals surface area contributed by atoms with Gasteiger partial charge in [0.25, 0.3) is 11.8 Å². The standard InChI is InChI=1S/C19H21Cl2N3O5/c1-9(2)29-13-7-11(5-6-12(13)18(26)22-8-14(25)28-4)24-19(27)17-16(21)15(20)10(3)23-17/h5-7,9,23H,8H2,1-4H3,(H,22,26)(H,24,27). The van der Waals surface area contributed by atoms with Gasteiger partial charge in [0.05, 0.1) is 28.8 Å². The Morgan fingerprint density at radius 1 is 1.14 bits per heavy atom. The fourth-order valence-corrected chi connectivity index (χ4v) is 2.80. The van der Waals surface area contributed by atoms with Gasteiger partial charge in [0.2, 0.25) is 0 Å². The molecule has 0 aliphatic rings. The first-order valence-electron chi connectivity index (χ1n) is 8.64. The summed E-state index contributed by atoms with van der Waals surface area (Å²) in [6.45, 7) is 5.01. The molecule has 10 heteroatoms. The molecule has 0 radical (unpaired) electrons. The number of anilines is 1. The van der Waals surface area contributed by atoms with Gasteiger partial charge >= 0.3 is 5.97 Å². The summed E-state index contributed by atoms with van der Waals surface area (Å²) in [5.74, 6) is -1.35. The van der Waals surface area contributed by atoms with Crippen molar-refractivity contribution in [3.63, 3.8) is 0 Å². The van der Waals surface area contributed by atoms with Gasteiger partial charge in [-0.3, -0.25) is 14.4 Å². The fourth-order valence-electron chi connectivity index (χ4n) is 2.38. The first kappa shape index (κ1) is 22.6. The highest BCUT2D eigenvalue weighted by Crippen LogP contribution is 2.30. The SMILES string of the molecule is COC(=O)CNC(=O)c1ccc(NC(=O)c2[nH]c(C)c(Cl)c2Cl)cc1OC(C)C. The van der Waals surface area contributed by atoms with Crippen molar-refractivity contribution in [3.8, 4) is 5.75 Å². The molecule has 1 heterocycles. The minimum absolute atomic E-state index is 0.124. The third-order valence-electron chi connectivity index (χ3n) is 3.75. The van der Waals surface area contributed by atoms with Crippen molar-refractivity contribution in [2.45, 2.75) is 26.9 Å². The predicted octanol–water partition coefficient (Wildman–Crippen LogP) is 3.57. The molecule has 2 aromatic rings. The lowest BCUT2D eigenvalue weighted by Crippen LogP contribution is -2.30. The molecule has 0 aliphatic heterocycles. The van der Waals surface area contributed by atoms with E-state index in [1.54, 1.807) is 20.8 Å². The van der Waals surface area contributed by atoms with Gasteiger partial charge in [-0.25, -0.2) is 0 Å². The summed E-state index contributed by atoms with van der Waals surface area (Å²) in [5.41, 5.74) is 1.29. The Bertz CT molecular complexity index is 940. The highest BCUT2D eigenvalue weighted by atomic mass is 35.5.